The van der Waals surface area contributed by atoms with E-state index in [1.165, 1.54) is 0 Å². The number of halogens is 2. The minimum Gasteiger partial charge on any atom is -0.491 e. The number of benzene rings is 2. The third-order valence-corrected chi connectivity index (χ3v) is 5.16. The molecule has 0 unspecified atom stereocenters. The number of hydrogen-bond acceptors (Lipinski definition) is 5. The van der Waals surface area contributed by atoms with Gasteiger partial charge >= 0.3 is 0 Å². The maximum Gasteiger partial charge on any atom is 0.262 e. The van der Waals surface area contributed by atoms with Gasteiger partial charge in [0.25, 0.3) is 5.91 Å². The van der Waals surface area contributed by atoms with E-state index in [0.29, 0.717) is 33.8 Å². The molecule has 0 aliphatic heterocycles. The molecule has 2 aromatic rings. The van der Waals surface area contributed by atoms with Crippen molar-refractivity contribution in [1.29, 1.82) is 0 Å². The summed E-state index contributed by atoms with van der Waals surface area (Å²) >= 11 is 12.5. The predicted molar refractivity (Wildman–Crippen MR) is 125 cm³/mol. The lowest BCUT2D eigenvalue weighted by Gasteiger charge is -2.18. The summed E-state index contributed by atoms with van der Waals surface area (Å²) in [6.45, 7) is 7.40. The molecule has 0 heterocycles. The Hall–Kier alpha value is -2.15. The summed E-state index contributed by atoms with van der Waals surface area (Å²) in [5, 5.41) is 3.65. The van der Waals surface area contributed by atoms with Crippen LogP contribution >= 0.6 is 23.2 Å². The summed E-state index contributed by atoms with van der Waals surface area (Å²) < 4.78 is 11.3. The lowest BCUT2D eigenvalue weighted by Crippen LogP contribution is -2.27. The van der Waals surface area contributed by atoms with Crippen molar-refractivity contribution in [1.82, 2.24) is 4.90 Å². The number of anilines is 2. The fraction of sp³-hybridized carbons (Fsp3) is 0.409. The van der Waals surface area contributed by atoms with Crippen molar-refractivity contribution >= 4 is 40.5 Å². The van der Waals surface area contributed by atoms with E-state index in [2.05, 4.69) is 24.1 Å². The van der Waals surface area contributed by atoms with Crippen LogP contribution in [-0.4, -0.2) is 57.8 Å². The van der Waals surface area contributed by atoms with Crippen molar-refractivity contribution in [3.8, 4) is 11.5 Å². The quantitative estimate of drug-likeness (QED) is 0.529. The maximum atomic E-state index is 12.2. The van der Waals surface area contributed by atoms with E-state index >= 15 is 0 Å². The van der Waals surface area contributed by atoms with Crippen molar-refractivity contribution < 1.29 is 14.3 Å². The SMILES string of the molecule is CCN(CC)CCOc1ccc(NC(=O)COc2ccc(N(C)C)cc2Cl)cc1Cl. The lowest BCUT2D eigenvalue weighted by atomic mass is 10.3. The van der Waals surface area contributed by atoms with Gasteiger partial charge in [0.2, 0.25) is 0 Å². The van der Waals surface area contributed by atoms with Gasteiger partial charge in [0.1, 0.15) is 18.1 Å². The molecule has 2 rings (SSSR count). The second-order valence-electron chi connectivity index (χ2n) is 6.87. The van der Waals surface area contributed by atoms with Gasteiger partial charge in [-0.3, -0.25) is 4.79 Å². The fourth-order valence-electron chi connectivity index (χ4n) is 2.75. The number of carbonyl (C=O) groups excluding carboxylic acids is 1. The highest BCUT2D eigenvalue weighted by atomic mass is 35.5. The van der Waals surface area contributed by atoms with E-state index in [9.17, 15) is 4.79 Å². The van der Waals surface area contributed by atoms with E-state index in [4.69, 9.17) is 32.7 Å². The largest absolute Gasteiger partial charge is 0.491 e. The van der Waals surface area contributed by atoms with Gasteiger partial charge in [0.05, 0.1) is 10.0 Å². The molecular weight excluding hydrogens is 425 g/mol. The first-order valence-electron chi connectivity index (χ1n) is 9.88. The van der Waals surface area contributed by atoms with Crippen molar-refractivity contribution in [2.75, 3.05) is 57.2 Å². The van der Waals surface area contributed by atoms with E-state index in [1.54, 1.807) is 30.3 Å². The van der Waals surface area contributed by atoms with Gasteiger partial charge in [-0.25, -0.2) is 0 Å². The molecule has 0 spiro atoms. The molecule has 0 aliphatic rings. The average molecular weight is 454 g/mol. The van der Waals surface area contributed by atoms with Crippen LogP contribution in [0.4, 0.5) is 11.4 Å². The average Bonchev–Trinajstić information content (AvgIpc) is 2.71. The highest BCUT2D eigenvalue weighted by molar-refractivity contribution is 6.32. The summed E-state index contributed by atoms with van der Waals surface area (Å²) in [6.07, 6.45) is 0. The van der Waals surface area contributed by atoms with Crippen LogP contribution in [-0.2, 0) is 4.79 Å². The number of nitrogens with one attached hydrogen (secondary N) is 1. The van der Waals surface area contributed by atoms with Crippen LogP contribution in [0, 0.1) is 0 Å². The lowest BCUT2D eigenvalue weighted by molar-refractivity contribution is -0.118. The smallest absolute Gasteiger partial charge is 0.262 e. The van der Waals surface area contributed by atoms with Gasteiger partial charge in [0.15, 0.2) is 6.61 Å². The topological polar surface area (TPSA) is 54.0 Å². The Morgan fingerprint density at radius 1 is 0.967 bits per heavy atom. The number of carbonyl (C=O) groups is 1. The molecule has 0 radical (unpaired) electrons. The first-order valence-corrected chi connectivity index (χ1v) is 10.6. The van der Waals surface area contributed by atoms with Gasteiger partial charge in [-0.2, -0.15) is 0 Å². The summed E-state index contributed by atoms with van der Waals surface area (Å²) in [5.74, 6) is 0.729. The molecule has 0 saturated heterocycles. The maximum absolute atomic E-state index is 12.2. The van der Waals surface area contributed by atoms with E-state index in [0.717, 1.165) is 25.3 Å². The molecule has 6 nitrogen and oxygen atoms in total. The third kappa shape index (κ3) is 7.27. The van der Waals surface area contributed by atoms with Crippen LogP contribution in [0.15, 0.2) is 36.4 Å². The van der Waals surface area contributed by atoms with Crippen molar-refractivity contribution in [2.24, 2.45) is 0 Å². The van der Waals surface area contributed by atoms with Crippen LogP contribution in [0.2, 0.25) is 10.0 Å². The Balaban J connectivity index is 1.86. The van der Waals surface area contributed by atoms with E-state index < -0.39 is 0 Å². The van der Waals surface area contributed by atoms with Crippen molar-refractivity contribution in [3.63, 3.8) is 0 Å². The number of likely N-dealkylation sites (N-methyl/N-ethyl adjacent to an activating group) is 1. The molecule has 1 N–H and O–H groups in total. The molecular formula is C22H29Cl2N3O3. The molecule has 8 heteroatoms. The van der Waals surface area contributed by atoms with Gasteiger partial charge in [-0.15, -0.1) is 0 Å². The van der Waals surface area contributed by atoms with E-state index in [1.807, 2.05) is 25.1 Å². The number of hydrogen-bond donors (Lipinski definition) is 1. The van der Waals surface area contributed by atoms with Crippen LogP contribution in [0.1, 0.15) is 13.8 Å². The molecule has 1 amide bonds. The highest BCUT2D eigenvalue weighted by Crippen LogP contribution is 2.29. The van der Waals surface area contributed by atoms with Crippen LogP contribution in [0.5, 0.6) is 11.5 Å². The van der Waals surface area contributed by atoms with Crippen LogP contribution in [0.3, 0.4) is 0 Å². The summed E-state index contributed by atoms with van der Waals surface area (Å²) in [7, 11) is 3.85. The molecule has 0 fully saturated rings. The Labute approximate surface area is 188 Å². The van der Waals surface area contributed by atoms with Crippen LogP contribution in [0.25, 0.3) is 0 Å². The fourth-order valence-corrected chi connectivity index (χ4v) is 3.21. The second-order valence-corrected chi connectivity index (χ2v) is 7.68. The molecule has 2 aromatic carbocycles. The zero-order chi connectivity index (χ0) is 22.1. The molecule has 0 bridgehead atoms. The predicted octanol–water partition coefficient (Wildman–Crippen LogP) is 4.80. The van der Waals surface area contributed by atoms with Crippen molar-refractivity contribution in [2.45, 2.75) is 13.8 Å². The second kappa shape index (κ2) is 11.9. The zero-order valence-electron chi connectivity index (χ0n) is 17.9. The summed E-state index contributed by atoms with van der Waals surface area (Å²) in [4.78, 5) is 16.4. The molecule has 0 saturated carbocycles. The van der Waals surface area contributed by atoms with Gasteiger partial charge < -0.3 is 24.6 Å². The summed E-state index contributed by atoms with van der Waals surface area (Å²) in [5.41, 5.74) is 1.52. The van der Waals surface area contributed by atoms with Gasteiger partial charge in [0, 0.05) is 32.0 Å². The monoisotopic (exact) mass is 453 g/mol. The standard InChI is InChI=1S/C22H29Cl2N3O3/c1-5-27(6-2)11-12-29-20-9-7-16(13-18(20)23)25-22(28)15-30-21-10-8-17(26(3)4)14-19(21)24/h7-10,13-14H,5-6,11-12,15H2,1-4H3,(H,25,28). The first kappa shape index (κ1) is 24.1. The minimum atomic E-state index is -0.311. The third-order valence-electron chi connectivity index (χ3n) is 4.57. The molecule has 164 valence electrons. The molecule has 0 atom stereocenters. The molecule has 30 heavy (non-hydrogen) atoms. The Bertz CT molecular complexity index is 842. The molecule has 0 aliphatic carbocycles. The highest BCUT2D eigenvalue weighted by Gasteiger charge is 2.10. The minimum absolute atomic E-state index is 0.166. The van der Waals surface area contributed by atoms with Gasteiger partial charge in [-0.1, -0.05) is 37.0 Å². The van der Waals surface area contributed by atoms with E-state index in [-0.39, 0.29) is 12.5 Å². The number of rotatable bonds is 11. The summed E-state index contributed by atoms with van der Waals surface area (Å²) in [6, 6.07) is 10.6. The van der Waals surface area contributed by atoms with Crippen LogP contribution < -0.4 is 19.7 Å². The van der Waals surface area contributed by atoms with Crippen molar-refractivity contribution in [3.05, 3.63) is 46.4 Å². The number of amides is 1. The Kier molecular flexibility index (Phi) is 9.56. The first-order chi connectivity index (χ1) is 14.3. The Morgan fingerprint density at radius 3 is 2.20 bits per heavy atom. The normalized spacial score (nSPS) is 10.8. The number of ether oxygens (including phenoxy) is 2. The Morgan fingerprint density at radius 2 is 1.60 bits per heavy atom. The number of nitrogens with zero attached hydrogens (tertiary/aromatic N) is 2. The molecule has 0 aromatic heterocycles. The van der Waals surface area contributed by atoms with Gasteiger partial charge in [-0.05, 0) is 49.5 Å². The zero-order valence-corrected chi connectivity index (χ0v) is 19.4.